The first kappa shape index (κ1) is 29.9. The van der Waals surface area contributed by atoms with Gasteiger partial charge in [0, 0.05) is 43.7 Å². The van der Waals surface area contributed by atoms with E-state index < -0.39 is 12.1 Å². The van der Waals surface area contributed by atoms with Gasteiger partial charge >= 0.3 is 12.1 Å². The number of carboxylic acids is 1. The van der Waals surface area contributed by atoms with Crippen molar-refractivity contribution in [3.8, 4) is 11.3 Å². The molecule has 2 aliphatic rings. The number of fused-ring (bicyclic) bond motifs is 1. The Hall–Kier alpha value is -4.53. The van der Waals surface area contributed by atoms with Gasteiger partial charge in [-0.15, -0.1) is 0 Å². The number of amides is 1. The van der Waals surface area contributed by atoms with E-state index in [1.807, 2.05) is 29.8 Å². The number of aryl methyl sites for hydroxylation is 1. The maximum Gasteiger partial charge on any atom is 0.490 e. The van der Waals surface area contributed by atoms with Crippen molar-refractivity contribution in [1.82, 2.24) is 35.0 Å². The number of aromatic nitrogens is 5. The third kappa shape index (κ3) is 6.77. The minimum atomic E-state index is -5.08. The zero-order valence-corrected chi connectivity index (χ0v) is 23.9. The Balaban J connectivity index is 0.000000472. The molecule has 4 heterocycles. The van der Waals surface area contributed by atoms with Crippen LogP contribution in [0.15, 0.2) is 41.2 Å². The van der Waals surface area contributed by atoms with Crippen molar-refractivity contribution in [2.45, 2.75) is 44.8 Å². The number of nitrogens with zero attached hydrogens (tertiary/aromatic N) is 7. The van der Waals surface area contributed by atoms with Crippen LogP contribution in [0.4, 0.5) is 19.0 Å². The number of benzene rings is 1. The monoisotopic (exact) mass is 600 g/mol. The molecule has 4 aromatic rings. The van der Waals surface area contributed by atoms with Gasteiger partial charge in [0.1, 0.15) is 5.82 Å². The van der Waals surface area contributed by atoms with E-state index in [1.54, 1.807) is 6.20 Å². The molecular formula is C28H31F3N8O4. The van der Waals surface area contributed by atoms with Crippen molar-refractivity contribution in [3.05, 3.63) is 59.5 Å². The van der Waals surface area contributed by atoms with E-state index in [0.29, 0.717) is 12.4 Å². The highest BCUT2D eigenvalue weighted by molar-refractivity contribution is 5.90. The van der Waals surface area contributed by atoms with Crippen LogP contribution in [-0.4, -0.2) is 86.0 Å². The van der Waals surface area contributed by atoms with Gasteiger partial charge < -0.3 is 24.7 Å². The first-order valence-electron chi connectivity index (χ1n) is 13.6. The Labute approximate surface area is 244 Å². The number of hydrogen-bond donors (Lipinski definition) is 2. The molecule has 3 aromatic heterocycles. The number of aliphatic carboxylic acids is 1. The highest BCUT2D eigenvalue weighted by atomic mass is 19.4. The molecule has 0 unspecified atom stereocenters. The lowest BCUT2D eigenvalue weighted by Crippen LogP contribution is -2.44. The predicted molar refractivity (Wildman–Crippen MR) is 149 cm³/mol. The van der Waals surface area contributed by atoms with Crippen molar-refractivity contribution < 1.29 is 32.4 Å². The van der Waals surface area contributed by atoms with Crippen molar-refractivity contribution in [2.24, 2.45) is 0 Å². The van der Waals surface area contributed by atoms with Crippen LogP contribution in [0.25, 0.3) is 16.8 Å². The molecule has 228 valence electrons. The van der Waals surface area contributed by atoms with E-state index in [0.717, 1.165) is 72.7 Å². The van der Waals surface area contributed by atoms with Crippen LogP contribution in [0, 0.1) is 6.92 Å². The van der Waals surface area contributed by atoms with Gasteiger partial charge in [-0.3, -0.25) is 4.79 Å². The summed E-state index contributed by atoms with van der Waals surface area (Å²) in [5.41, 5.74) is 4.90. The second-order valence-electron chi connectivity index (χ2n) is 11.0. The lowest BCUT2D eigenvalue weighted by atomic mass is 10.0. The van der Waals surface area contributed by atoms with Gasteiger partial charge in [0.05, 0.1) is 23.6 Å². The summed E-state index contributed by atoms with van der Waals surface area (Å²) in [6.45, 7) is 8.39. The number of nitrogens with one attached hydrogen (secondary N) is 1. The smallest absolute Gasteiger partial charge is 0.475 e. The van der Waals surface area contributed by atoms with E-state index in [-0.39, 0.29) is 17.1 Å². The summed E-state index contributed by atoms with van der Waals surface area (Å²) in [6, 6.07) is 8.19. The van der Waals surface area contributed by atoms with E-state index >= 15 is 0 Å². The molecule has 15 heteroatoms. The highest BCUT2D eigenvalue weighted by Crippen LogP contribution is 2.46. The van der Waals surface area contributed by atoms with Crippen molar-refractivity contribution in [1.29, 1.82) is 0 Å². The molecule has 0 bridgehead atoms. The van der Waals surface area contributed by atoms with Crippen molar-refractivity contribution in [2.75, 3.05) is 38.1 Å². The molecule has 1 aliphatic heterocycles. The van der Waals surface area contributed by atoms with Crippen molar-refractivity contribution in [3.63, 3.8) is 0 Å². The van der Waals surface area contributed by atoms with E-state index in [1.165, 1.54) is 0 Å². The summed E-state index contributed by atoms with van der Waals surface area (Å²) in [7, 11) is 2.15. The SMILES string of the molecule is Cc1cc(-c2nc(N3CCN(C)CC3)cn3nccc23)ccc1CNC(=O)c1noc(C2(C)CC2)n1.O=C(O)C(F)(F)F. The molecule has 1 saturated carbocycles. The summed E-state index contributed by atoms with van der Waals surface area (Å²) in [5, 5.41) is 18.4. The minimum Gasteiger partial charge on any atom is -0.475 e. The Morgan fingerprint density at radius 1 is 1.12 bits per heavy atom. The van der Waals surface area contributed by atoms with Gasteiger partial charge in [-0.1, -0.05) is 24.2 Å². The topological polar surface area (TPSA) is 142 Å². The number of anilines is 1. The largest absolute Gasteiger partial charge is 0.490 e. The fourth-order valence-electron chi connectivity index (χ4n) is 4.57. The third-order valence-electron chi connectivity index (χ3n) is 7.65. The Morgan fingerprint density at radius 2 is 1.81 bits per heavy atom. The molecule has 1 aromatic carbocycles. The first-order chi connectivity index (χ1) is 20.3. The Bertz CT molecular complexity index is 1640. The molecule has 1 amide bonds. The normalized spacial score (nSPS) is 16.5. The van der Waals surface area contributed by atoms with Gasteiger partial charge in [-0.25, -0.2) is 14.3 Å². The van der Waals surface area contributed by atoms with Gasteiger partial charge in [-0.2, -0.15) is 23.3 Å². The maximum atomic E-state index is 12.6. The first-order valence-corrected chi connectivity index (χ1v) is 13.6. The molecule has 1 aliphatic carbocycles. The fourth-order valence-corrected chi connectivity index (χ4v) is 4.57. The van der Waals surface area contributed by atoms with E-state index in [9.17, 15) is 18.0 Å². The van der Waals surface area contributed by atoms with Gasteiger partial charge in [0.15, 0.2) is 0 Å². The number of piperazine rings is 1. The number of hydrogen-bond acceptors (Lipinski definition) is 9. The number of carboxylic acid groups (broad SMARTS) is 1. The predicted octanol–water partition coefficient (Wildman–Crippen LogP) is 3.45. The van der Waals surface area contributed by atoms with Crippen LogP contribution in [-0.2, 0) is 16.8 Å². The average molecular weight is 601 g/mol. The molecule has 6 rings (SSSR count). The number of likely N-dealkylation sites (N-methyl/N-ethyl adjacent to an activating group) is 1. The molecule has 0 radical (unpaired) electrons. The van der Waals surface area contributed by atoms with Gasteiger partial charge in [-0.05, 0) is 50.1 Å². The average Bonchev–Trinajstić information content (AvgIpc) is 3.34. The Morgan fingerprint density at radius 3 is 2.44 bits per heavy atom. The van der Waals surface area contributed by atoms with Crippen LogP contribution < -0.4 is 10.2 Å². The number of halogens is 3. The van der Waals surface area contributed by atoms with Crippen molar-refractivity contribution >= 4 is 23.2 Å². The molecule has 0 spiro atoms. The third-order valence-corrected chi connectivity index (χ3v) is 7.65. The standard InChI is InChI=1S/C26H30N8O2.C2HF3O2/c1-17-14-18(4-5-19(17)15-27-24(35)23-30-25(36-31-23)26(2)7-8-26)22-20-6-9-28-34(20)16-21(29-22)33-12-10-32(3)11-13-33;3-2(4,5)1(6)7/h4-6,9,14,16H,7-8,10-13,15H2,1-3H3,(H,27,35);(H,6,7). The fraction of sp³-hybridized carbons (Fsp3) is 0.429. The van der Waals surface area contributed by atoms with Crippen LogP contribution >= 0.6 is 0 Å². The summed E-state index contributed by atoms with van der Waals surface area (Å²) < 4.78 is 38.9. The van der Waals surface area contributed by atoms with Crippen LogP contribution in [0.5, 0.6) is 0 Å². The lowest BCUT2D eigenvalue weighted by molar-refractivity contribution is -0.192. The molecular weight excluding hydrogens is 569 g/mol. The van der Waals surface area contributed by atoms with E-state index in [2.05, 4.69) is 56.5 Å². The second-order valence-corrected chi connectivity index (χ2v) is 11.0. The highest BCUT2D eigenvalue weighted by Gasteiger charge is 2.45. The number of alkyl halides is 3. The van der Waals surface area contributed by atoms with Gasteiger partial charge in [0.2, 0.25) is 5.89 Å². The molecule has 12 nitrogen and oxygen atoms in total. The minimum absolute atomic E-state index is 0.0609. The second kappa shape index (κ2) is 11.6. The van der Waals surface area contributed by atoms with Gasteiger partial charge in [0.25, 0.3) is 11.7 Å². The number of carbonyl (C=O) groups is 2. The van der Waals surface area contributed by atoms with E-state index in [4.69, 9.17) is 19.4 Å². The zero-order chi connectivity index (χ0) is 30.9. The number of carbonyl (C=O) groups excluding carboxylic acids is 1. The quantitative estimate of drug-likeness (QED) is 0.338. The maximum absolute atomic E-state index is 12.6. The molecule has 1 saturated heterocycles. The molecule has 2 fully saturated rings. The lowest BCUT2D eigenvalue weighted by Gasteiger charge is -2.33. The summed E-state index contributed by atoms with van der Waals surface area (Å²) >= 11 is 0. The summed E-state index contributed by atoms with van der Waals surface area (Å²) in [5.74, 6) is -1.53. The molecule has 43 heavy (non-hydrogen) atoms. The number of rotatable bonds is 6. The Kier molecular flexibility index (Phi) is 8.10. The van der Waals surface area contributed by atoms with Crippen LogP contribution in [0.3, 0.4) is 0 Å². The van der Waals surface area contributed by atoms with Crippen LogP contribution in [0.1, 0.15) is 47.4 Å². The zero-order valence-electron chi connectivity index (χ0n) is 23.9. The van der Waals surface area contributed by atoms with Crippen LogP contribution in [0.2, 0.25) is 0 Å². The summed E-state index contributed by atoms with van der Waals surface area (Å²) in [6.07, 6.45) is 0.757. The molecule has 0 atom stereocenters. The summed E-state index contributed by atoms with van der Waals surface area (Å²) in [4.78, 5) is 35.5. The molecule has 2 N–H and O–H groups in total.